The molecule has 0 amide bonds. The molecular formula is C16H26O4. The molecule has 20 heavy (non-hydrogen) atoms. The van der Waals surface area contributed by atoms with Crippen LogP contribution in [0.1, 0.15) is 47.0 Å². The minimum atomic E-state index is -0.364. The van der Waals surface area contributed by atoms with Gasteiger partial charge in [-0.3, -0.25) is 9.59 Å². The van der Waals surface area contributed by atoms with Crippen LogP contribution in [0.2, 0.25) is 0 Å². The summed E-state index contributed by atoms with van der Waals surface area (Å²) in [5.41, 5.74) is -0.298. The third-order valence-electron chi connectivity index (χ3n) is 6.70. The Hall–Kier alpha value is -0.900. The summed E-state index contributed by atoms with van der Waals surface area (Å²) in [6.45, 7) is 8.38. The number of ketones is 1. The Morgan fingerprint density at radius 3 is 2.45 bits per heavy atom. The van der Waals surface area contributed by atoms with Crippen molar-refractivity contribution in [1.29, 1.82) is 0 Å². The minimum absolute atomic E-state index is 0.0763. The molecule has 4 heteroatoms. The summed E-state index contributed by atoms with van der Waals surface area (Å²) in [6, 6.07) is 0. The molecule has 0 aromatic heterocycles. The van der Waals surface area contributed by atoms with Crippen LogP contribution < -0.4 is 0 Å². The number of hydrogen-bond acceptors (Lipinski definition) is 4. The second-order valence-electron chi connectivity index (χ2n) is 7.21. The zero-order valence-corrected chi connectivity index (χ0v) is 13.1. The summed E-state index contributed by atoms with van der Waals surface area (Å²) in [4.78, 5) is 24.1. The summed E-state index contributed by atoms with van der Waals surface area (Å²) in [6.07, 6.45) is 0.953. The average Bonchev–Trinajstić information content (AvgIpc) is 2.56. The Kier molecular flexibility index (Phi) is 3.74. The highest BCUT2D eigenvalue weighted by atomic mass is 16.5. The molecule has 2 aliphatic rings. The number of esters is 1. The van der Waals surface area contributed by atoms with Crippen molar-refractivity contribution in [3.63, 3.8) is 0 Å². The van der Waals surface area contributed by atoms with Crippen molar-refractivity contribution >= 4 is 11.8 Å². The van der Waals surface area contributed by atoms with Crippen molar-refractivity contribution in [2.24, 2.45) is 28.6 Å². The first kappa shape index (κ1) is 15.5. The van der Waals surface area contributed by atoms with Gasteiger partial charge in [-0.1, -0.05) is 27.7 Å². The van der Waals surface area contributed by atoms with E-state index in [-0.39, 0.29) is 52.9 Å². The SMILES string of the molecule is COC(=O)CC1C(=O)CC2(C)C(C)C(O)CC2(C)C1C. The van der Waals surface area contributed by atoms with E-state index < -0.39 is 0 Å². The maximum Gasteiger partial charge on any atom is 0.306 e. The average molecular weight is 282 g/mol. The zero-order chi connectivity index (χ0) is 15.3. The van der Waals surface area contributed by atoms with E-state index in [1.165, 1.54) is 7.11 Å². The van der Waals surface area contributed by atoms with E-state index in [1.54, 1.807) is 0 Å². The van der Waals surface area contributed by atoms with Gasteiger partial charge in [-0.05, 0) is 29.1 Å². The van der Waals surface area contributed by atoms with Crippen molar-refractivity contribution in [3.05, 3.63) is 0 Å². The predicted molar refractivity (Wildman–Crippen MR) is 74.9 cm³/mol. The van der Waals surface area contributed by atoms with Crippen LogP contribution >= 0.6 is 0 Å². The van der Waals surface area contributed by atoms with E-state index in [4.69, 9.17) is 4.74 Å². The third kappa shape index (κ3) is 1.92. The number of aliphatic hydroxyl groups is 1. The lowest BCUT2D eigenvalue weighted by atomic mass is 9.50. The van der Waals surface area contributed by atoms with Gasteiger partial charge in [0.15, 0.2) is 0 Å². The summed E-state index contributed by atoms with van der Waals surface area (Å²) in [5.74, 6) is -0.277. The Labute approximate surface area is 120 Å². The van der Waals surface area contributed by atoms with E-state index in [1.807, 2.05) is 13.8 Å². The Morgan fingerprint density at radius 1 is 1.30 bits per heavy atom. The molecule has 2 saturated carbocycles. The molecule has 4 nitrogen and oxygen atoms in total. The molecule has 0 radical (unpaired) electrons. The molecule has 0 heterocycles. The monoisotopic (exact) mass is 282 g/mol. The van der Waals surface area contributed by atoms with Crippen molar-refractivity contribution < 1.29 is 19.4 Å². The van der Waals surface area contributed by atoms with Crippen LogP contribution in [0.3, 0.4) is 0 Å². The van der Waals surface area contributed by atoms with Crippen LogP contribution in [0, 0.1) is 28.6 Å². The number of ether oxygens (including phenoxy) is 1. The molecular weight excluding hydrogens is 256 g/mol. The largest absolute Gasteiger partial charge is 0.469 e. The van der Waals surface area contributed by atoms with E-state index >= 15 is 0 Å². The molecule has 0 aromatic rings. The van der Waals surface area contributed by atoms with Crippen LogP contribution in [0.25, 0.3) is 0 Å². The lowest BCUT2D eigenvalue weighted by Gasteiger charge is -2.53. The van der Waals surface area contributed by atoms with Gasteiger partial charge in [-0.25, -0.2) is 0 Å². The number of rotatable bonds is 2. The standard InChI is InChI=1S/C16H26O4/c1-9-11(6-14(19)20-5)13(18)8-16(4)10(2)12(17)7-15(9,16)3/h9-12,17H,6-8H2,1-5H3. The molecule has 114 valence electrons. The van der Waals surface area contributed by atoms with Crippen LogP contribution in [-0.4, -0.2) is 30.1 Å². The fraction of sp³-hybridized carbons (Fsp3) is 0.875. The number of carbonyl (C=O) groups excluding carboxylic acids is 2. The Balaban J connectivity index is 2.34. The lowest BCUT2D eigenvalue weighted by molar-refractivity contribution is -0.153. The van der Waals surface area contributed by atoms with Gasteiger partial charge >= 0.3 is 5.97 Å². The molecule has 2 fully saturated rings. The quantitative estimate of drug-likeness (QED) is 0.789. The van der Waals surface area contributed by atoms with Gasteiger partial charge < -0.3 is 9.84 Å². The van der Waals surface area contributed by atoms with Crippen molar-refractivity contribution in [1.82, 2.24) is 0 Å². The molecule has 0 aromatic carbocycles. The normalized spacial score (nSPS) is 48.0. The summed E-state index contributed by atoms with van der Waals surface area (Å²) < 4.78 is 4.72. The van der Waals surface area contributed by atoms with Gasteiger partial charge in [-0.15, -0.1) is 0 Å². The summed E-state index contributed by atoms with van der Waals surface area (Å²) >= 11 is 0. The smallest absolute Gasteiger partial charge is 0.306 e. The first-order valence-corrected chi connectivity index (χ1v) is 7.45. The molecule has 1 N–H and O–H groups in total. The van der Waals surface area contributed by atoms with Gasteiger partial charge in [0, 0.05) is 12.3 Å². The first-order valence-electron chi connectivity index (χ1n) is 7.45. The molecule has 0 aliphatic heterocycles. The number of Topliss-reactive ketones (excluding diaryl/α,β-unsaturated/α-hetero) is 1. The topological polar surface area (TPSA) is 63.6 Å². The maximum absolute atomic E-state index is 12.5. The summed E-state index contributed by atoms with van der Waals surface area (Å²) in [5, 5.41) is 10.3. The number of carbonyl (C=O) groups is 2. The van der Waals surface area contributed by atoms with Gasteiger partial charge in [0.25, 0.3) is 0 Å². The molecule has 0 saturated heterocycles. The maximum atomic E-state index is 12.5. The second kappa shape index (κ2) is 4.83. The van der Waals surface area contributed by atoms with E-state index in [0.29, 0.717) is 12.8 Å². The van der Waals surface area contributed by atoms with Crippen molar-refractivity contribution in [2.75, 3.05) is 7.11 Å². The predicted octanol–water partition coefficient (Wildman–Crippen LogP) is 2.19. The number of fused-ring (bicyclic) bond motifs is 1. The van der Waals surface area contributed by atoms with Crippen LogP contribution in [0.15, 0.2) is 0 Å². The summed E-state index contributed by atoms with van der Waals surface area (Å²) in [7, 11) is 1.35. The zero-order valence-electron chi connectivity index (χ0n) is 13.1. The molecule has 0 bridgehead atoms. The molecule has 2 rings (SSSR count). The second-order valence-corrected chi connectivity index (χ2v) is 7.21. The lowest BCUT2D eigenvalue weighted by Crippen LogP contribution is -2.52. The number of aliphatic hydroxyl groups excluding tert-OH is 1. The van der Waals surface area contributed by atoms with Crippen LogP contribution in [0.4, 0.5) is 0 Å². The number of hydrogen-bond donors (Lipinski definition) is 1. The fourth-order valence-electron chi connectivity index (χ4n) is 4.63. The van der Waals surface area contributed by atoms with Crippen LogP contribution in [0.5, 0.6) is 0 Å². The molecule has 0 spiro atoms. The molecule has 6 atom stereocenters. The fourth-order valence-corrected chi connectivity index (χ4v) is 4.63. The van der Waals surface area contributed by atoms with Gasteiger partial charge in [0.1, 0.15) is 5.78 Å². The highest BCUT2D eigenvalue weighted by molar-refractivity contribution is 5.87. The Morgan fingerprint density at radius 2 is 1.90 bits per heavy atom. The van der Waals surface area contributed by atoms with Gasteiger partial charge in [0.2, 0.25) is 0 Å². The molecule has 6 unspecified atom stereocenters. The van der Waals surface area contributed by atoms with Crippen LogP contribution in [-0.2, 0) is 14.3 Å². The first-order chi connectivity index (χ1) is 9.17. The highest BCUT2D eigenvalue weighted by Crippen LogP contribution is 2.65. The van der Waals surface area contributed by atoms with Gasteiger partial charge in [-0.2, -0.15) is 0 Å². The molecule has 2 aliphatic carbocycles. The highest BCUT2D eigenvalue weighted by Gasteiger charge is 2.64. The van der Waals surface area contributed by atoms with Gasteiger partial charge in [0.05, 0.1) is 19.6 Å². The minimum Gasteiger partial charge on any atom is -0.469 e. The van der Waals surface area contributed by atoms with Crippen molar-refractivity contribution in [3.8, 4) is 0 Å². The van der Waals surface area contributed by atoms with Crippen molar-refractivity contribution in [2.45, 2.75) is 53.1 Å². The van der Waals surface area contributed by atoms with E-state index in [0.717, 1.165) is 0 Å². The number of methoxy groups -OCH3 is 1. The third-order valence-corrected chi connectivity index (χ3v) is 6.70. The van der Waals surface area contributed by atoms with E-state index in [9.17, 15) is 14.7 Å². The Bertz CT molecular complexity index is 432. The van der Waals surface area contributed by atoms with E-state index in [2.05, 4.69) is 13.8 Å².